The molecule has 0 atom stereocenters. The second-order valence-corrected chi connectivity index (χ2v) is 3.76. The SMILES string of the molecule is CNc1ccnc(-c2cccc(C(F)(F)F)c2)c1. The van der Waals surface area contributed by atoms with Gasteiger partial charge < -0.3 is 5.32 Å². The Bertz CT molecular complexity index is 550. The van der Waals surface area contributed by atoms with Gasteiger partial charge in [0.1, 0.15) is 0 Å². The lowest BCUT2D eigenvalue weighted by molar-refractivity contribution is -0.137. The molecule has 1 aromatic carbocycles. The lowest BCUT2D eigenvalue weighted by Gasteiger charge is -2.09. The number of rotatable bonds is 2. The Hall–Kier alpha value is -2.04. The van der Waals surface area contributed by atoms with Gasteiger partial charge in [0.25, 0.3) is 0 Å². The summed E-state index contributed by atoms with van der Waals surface area (Å²) in [6.45, 7) is 0. The summed E-state index contributed by atoms with van der Waals surface area (Å²) in [6, 6.07) is 8.59. The number of halogens is 3. The third-order valence-electron chi connectivity index (χ3n) is 2.53. The van der Waals surface area contributed by atoms with E-state index >= 15 is 0 Å². The van der Waals surface area contributed by atoms with Crippen molar-refractivity contribution in [3.8, 4) is 11.3 Å². The third-order valence-corrected chi connectivity index (χ3v) is 2.53. The number of nitrogens with one attached hydrogen (secondary N) is 1. The van der Waals surface area contributed by atoms with Crippen LogP contribution in [0.3, 0.4) is 0 Å². The molecule has 1 heterocycles. The summed E-state index contributed by atoms with van der Waals surface area (Å²) in [6.07, 6.45) is -2.78. The highest BCUT2D eigenvalue weighted by molar-refractivity contribution is 5.64. The number of aromatic nitrogens is 1. The maximum absolute atomic E-state index is 12.6. The average molecular weight is 252 g/mol. The van der Waals surface area contributed by atoms with Crippen LogP contribution in [0.4, 0.5) is 18.9 Å². The normalized spacial score (nSPS) is 11.3. The number of hydrogen-bond donors (Lipinski definition) is 1. The lowest BCUT2D eigenvalue weighted by Crippen LogP contribution is -2.04. The van der Waals surface area contributed by atoms with Crippen molar-refractivity contribution in [2.75, 3.05) is 12.4 Å². The van der Waals surface area contributed by atoms with Crippen molar-refractivity contribution in [2.45, 2.75) is 6.18 Å². The molecule has 0 radical (unpaired) electrons. The Kier molecular flexibility index (Phi) is 3.23. The topological polar surface area (TPSA) is 24.9 Å². The monoisotopic (exact) mass is 252 g/mol. The first kappa shape index (κ1) is 12.4. The van der Waals surface area contributed by atoms with Crippen LogP contribution in [0.5, 0.6) is 0 Å². The van der Waals surface area contributed by atoms with Crippen LogP contribution in [0.1, 0.15) is 5.56 Å². The van der Waals surface area contributed by atoms with Gasteiger partial charge in [-0.3, -0.25) is 4.98 Å². The van der Waals surface area contributed by atoms with Crippen LogP contribution in [0.2, 0.25) is 0 Å². The Morgan fingerprint density at radius 2 is 1.89 bits per heavy atom. The van der Waals surface area contributed by atoms with Crippen molar-refractivity contribution in [2.24, 2.45) is 0 Å². The first-order valence-electron chi connectivity index (χ1n) is 5.32. The van der Waals surface area contributed by atoms with Crippen molar-refractivity contribution < 1.29 is 13.2 Å². The first-order chi connectivity index (χ1) is 8.50. The fourth-order valence-electron chi connectivity index (χ4n) is 1.60. The van der Waals surface area contributed by atoms with Crippen LogP contribution in [-0.4, -0.2) is 12.0 Å². The molecule has 0 unspecified atom stereocenters. The third kappa shape index (κ3) is 2.61. The Morgan fingerprint density at radius 3 is 2.56 bits per heavy atom. The minimum atomic E-state index is -4.34. The van der Waals surface area contributed by atoms with E-state index < -0.39 is 11.7 Å². The molecule has 0 aliphatic carbocycles. The van der Waals surface area contributed by atoms with Gasteiger partial charge in [-0.25, -0.2) is 0 Å². The molecule has 0 bridgehead atoms. The molecule has 0 aliphatic heterocycles. The molecule has 0 spiro atoms. The van der Waals surface area contributed by atoms with Crippen LogP contribution in [0, 0.1) is 0 Å². The predicted octanol–water partition coefficient (Wildman–Crippen LogP) is 3.81. The molecule has 2 aromatic rings. The Balaban J connectivity index is 2.44. The second kappa shape index (κ2) is 4.68. The van der Waals surface area contributed by atoms with Gasteiger partial charge in [0, 0.05) is 24.5 Å². The van der Waals surface area contributed by atoms with E-state index in [1.165, 1.54) is 6.07 Å². The molecule has 5 heteroatoms. The van der Waals surface area contributed by atoms with Gasteiger partial charge in [0.05, 0.1) is 11.3 Å². The minimum absolute atomic E-state index is 0.446. The van der Waals surface area contributed by atoms with Crippen molar-refractivity contribution in [3.63, 3.8) is 0 Å². The molecule has 0 amide bonds. The van der Waals surface area contributed by atoms with Gasteiger partial charge in [0.15, 0.2) is 0 Å². The van der Waals surface area contributed by atoms with E-state index in [1.807, 2.05) is 0 Å². The summed E-state index contributed by atoms with van der Waals surface area (Å²) in [7, 11) is 1.74. The molecule has 18 heavy (non-hydrogen) atoms. The average Bonchev–Trinajstić information content (AvgIpc) is 2.38. The molecule has 2 nitrogen and oxygen atoms in total. The van der Waals surface area contributed by atoms with E-state index in [1.54, 1.807) is 31.4 Å². The van der Waals surface area contributed by atoms with Crippen LogP contribution in [-0.2, 0) is 6.18 Å². The van der Waals surface area contributed by atoms with Gasteiger partial charge in [0.2, 0.25) is 0 Å². The highest BCUT2D eigenvalue weighted by Crippen LogP contribution is 2.31. The predicted molar refractivity (Wildman–Crippen MR) is 64.2 cm³/mol. The highest BCUT2D eigenvalue weighted by atomic mass is 19.4. The summed E-state index contributed by atoms with van der Waals surface area (Å²) < 4.78 is 37.8. The van der Waals surface area contributed by atoms with Crippen LogP contribution in [0.15, 0.2) is 42.6 Å². The van der Waals surface area contributed by atoms with Gasteiger partial charge >= 0.3 is 6.18 Å². The maximum atomic E-state index is 12.6. The standard InChI is InChI=1S/C13H11F3N2/c1-17-11-5-6-18-12(8-11)9-3-2-4-10(7-9)13(14,15)16/h2-8H,1H3,(H,17,18). The Morgan fingerprint density at radius 1 is 1.11 bits per heavy atom. The fourth-order valence-corrected chi connectivity index (χ4v) is 1.60. The number of alkyl halides is 3. The molecule has 0 saturated heterocycles. The van der Waals surface area contributed by atoms with E-state index in [9.17, 15) is 13.2 Å². The molecule has 2 rings (SSSR count). The molecule has 0 aliphatic rings. The summed E-state index contributed by atoms with van der Waals surface area (Å²) >= 11 is 0. The molecule has 94 valence electrons. The summed E-state index contributed by atoms with van der Waals surface area (Å²) in [5.41, 5.74) is 1.09. The molecule has 1 N–H and O–H groups in total. The van der Waals surface area contributed by atoms with Crippen LogP contribution >= 0.6 is 0 Å². The quantitative estimate of drug-likeness (QED) is 0.879. The zero-order valence-electron chi connectivity index (χ0n) is 9.62. The summed E-state index contributed by atoms with van der Waals surface area (Å²) in [5.74, 6) is 0. The van der Waals surface area contributed by atoms with Gasteiger partial charge in [-0.2, -0.15) is 13.2 Å². The van der Waals surface area contributed by atoms with Gasteiger partial charge in [-0.1, -0.05) is 12.1 Å². The smallest absolute Gasteiger partial charge is 0.388 e. The molecular weight excluding hydrogens is 241 g/mol. The second-order valence-electron chi connectivity index (χ2n) is 3.76. The number of hydrogen-bond acceptors (Lipinski definition) is 2. The van der Waals surface area contributed by atoms with E-state index in [0.717, 1.165) is 17.8 Å². The van der Waals surface area contributed by atoms with E-state index in [-0.39, 0.29) is 0 Å². The summed E-state index contributed by atoms with van der Waals surface area (Å²) in [4.78, 5) is 4.07. The number of nitrogens with zero attached hydrogens (tertiary/aromatic N) is 1. The van der Waals surface area contributed by atoms with Gasteiger partial charge in [-0.05, 0) is 24.3 Å². The van der Waals surface area contributed by atoms with E-state index in [4.69, 9.17) is 0 Å². The number of pyridine rings is 1. The zero-order valence-corrected chi connectivity index (χ0v) is 9.62. The first-order valence-corrected chi connectivity index (χ1v) is 5.32. The van der Waals surface area contributed by atoms with Crippen molar-refractivity contribution in [1.82, 2.24) is 4.98 Å². The summed E-state index contributed by atoms with van der Waals surface area (Å²) in [5, 5.41) is 2.92. The largest absolute Gasteiger partial charge is 0.416 e. The van der Waals surface area contributed by atoms with E-state index in [2.05, 4.69) is 10.3 Å². The minimum Gasteiger partial charge on any atom is -0.388 e. The van der Waals surface area contributed by atoms with Crippen LogP contribution < -0.4 is 5.32 Å². The van der Waals surface area contributed by atoms with Crippen molar-refractivity contribution >= 4 is 5.69 Å². The van der Waals surface area contributed by atoms with Gasteiger partial charge in [-0.15, -0.1) is 0 Å². The maximum Gasteiger partial charge on any atom is 0.416 e. The molecular formula is C13H11F3N2. The molecule has 0 fully saturated rings. The van der Waals surface area contributed by atoms with Crippen molar-refractivity contribution in [1.29, 1.82) is 0 Å². The molecule has 1 aromatic heterocycles. The fraction of sp³-hybridized carbons (Fsp3) is 0.154. The molecule has 0 saturated carbocycles. The number of anilines is 1. The zero-order chi connectivity index (χ0) is 13.2. The lowest BCUT2D eigenvalue weighted by atomic mass is 10.1. The number of benzene rings is 1. The highest BCUT2D eigenvalue weighted by Gasteiger charge is 2.30. The Labute approximate surface area is 102 Å². The van der Waals surface area contributed by atoms with E-state index in [0.29, 0.717) is 11.3 Å². The van der Waals surface area contributed by atoms with Crippen LogP contribution in [0.25, 0.3) is 11.3 Å². The van der Waals surface area contributed by atoms with Crippen molar-refractivity contribution in [3.05, 3.63) is 48.2 Å².